The maximum Gasteiger partial charge on any atom is 0.416 e. The van der Waals surface area contributed by atoms with E-state index in [1.807, 2.05) is 18.2 Å². The monoisotopic (exact) mass is 438 g/mol. The van der Waals surface area contributed by atoms with Crippen LogP contribution in [0.1, 0.15) is 21.5 Å². The van der Waals surface area contributed by atoms with Gasteiger partial charge in [-0.15, -0.1) is 0 Å². The molecule has 0 heterocycles. The number of nitrogens with one attached hydrogen (secondary N) is 3. The predicted molar refractivity (Wildman–Crippen MR) is 112 cm³/mol. The molecule has 10 heteroatoms. The lowest BCUT2D eigenvalue weighted by atomic mass is 10.1. The quantitative estimate of drug-likeness (QED) is 0.335. The Morgan fingerprint density at radius 3 is 2.16 bits per heavy atom. The zero-order chi connectivity index (χ0) is 22.9. The van der Waals surface area contributed by atoms with Crippen LogP contribution < -0.4 is 25.4 Å². The van der Waals surface area contributed by atoms with Crippen molar-refractivity contribution in [2.75, 3.05) is 34.4 Å². The molecule has 0 unspecified atom stereocenters. The molecule has 168 valence electrons. The number of carbonyl (C=O) groups excluding carboxylic acids is 1. The van der Waals surface area contributed by atoms with E-state index < -0.39 is 17.6 Å². The van der Waals surface area contributed by atoms with Crippen LogP contribution in [0.4, 0.5) is 13.2 Å². The molecule has 2 aromatic rings. The van der Waals surface area contributed by atoms with Crippen LogP contribution >= 0.6 is 0 Å². The third-order valence-electron chi connectivity index (χ3n) is 4.31. The van der Waals surface area contributed by atoms with Gasteiger partial charge in [0.05, 0.1) is 19.8 Å². The summed E-state index contributed by atoms with van der Waals surface area (Å²) in [5, 5.41) is 8.83. The smallest absolute Gasteiger partial charge is 0.416 e. The fourth-order valence-electron chi connectivity index (χ4n) is 2.67. The minimum absolute atomic E-state index is 0.156. The number of nitrogens with zero attached hydrogens (tertiary/aromatic N) is 1. The van der Waals surface area contributed by atoms with Crippen LogP contribution in [-0.2, 0) is 12.7 Å². The highest BCUT2D eigenvalue weighted by atomic mass is 19.4. The fourth-order valence-corrected chi connectivity index (χ4v) is 2.67. The maximum absolute atomic E-state index is 12.6. The Labute approximate surface area is 178 Å². The summed E-state index contributed by atoms with van der Waals surface area (Å²) in [4.78, 5) is 16.2. The van der Waals surface area contributed by atoms with Gasteiger partial charge in [-0.05, 0) is 42.0 Å². The zero-order valence-corrected chi connectivity index (χ0v) is 17.5. The summed E-state index contributed by atoms with van der Waals surface area (Å²) in [7, 11) is 4.75. The van der Waals surface area contributed by atoms with Gasteiger partial charge < -0.3 is 25.4 Å². The highest BCUT2D eigenvalue weighted by Gasteiger charge is 2.30. The van der Waals surface area contributed by atoms with Crippen molar-refractivity contribution in [3.63, 3.8) is 0 Å². The van der Waals surface area contributed by atoms with Crippen LogP contribution in [0.3, 0.4) is 0 Å². The number of amides is 1. The molecular formula is C21H25F3N4O3. The minimum atomic E-state index is -4.43. The van der Waals surface area contributed by atoms with Gasteiger partial charge in [-0.1, -0.05) is 6.07 Å². The average Bonchev–Trinajstić information content (AvgIpc) is 2.77. The molecule has 0 fully saturated rings. The third kappa shape index (κ3) is 7.09. The molecule has 1 amide bonds. The molecule has 2 aromatic carbocycles. The minimum Gasteiger partial charge on any atom is -0.493 e. The summed E-state index contributed by atoms with van der Waals surface area (Å²) in [6.07, 6.45) is -4.43. The van der Waals surface area contributed by atoms with E-state index in [4.69, 9.17) is 9.47 Å². The average molecular weight is 438 g/mol. The number of halogens is 3. The second kappa shape index (κ2) is 11.1. The van der Waals surface area contributed by atoms with E-state index in [9.17, 15) is 18.0 Å². The summed E-state index contributed by atoms with van der Waals surface area (Å²) in [6, 6.07) is 9.61. The number of guanidine groups is 1. The first-order valence-electron chi connectivity index (χ1n) is 9.39. The number of benzene rings is 2. The van der Waals surface area contributed by atoms with Gasteiger partial charge in [-0.3, -0.25) is 9.79 Å². The van der Waals surface area contributed by atoms with Crippen LogP contribution in [0.15, 0.2) is 47.5 Å². The van der Waals surface area contributed by atoms with Gasteiger partial charge in [0.2, 0.25) is 0 Å². The Morgan fingerprint density at radius 1 is 0.935 bits per heavy atom. The number of aliphatic imine (C=N–C) groups is 1. The summed E-state index contributed by atoms with van der Waals surface area (Å²) in [5.41, 5.74) is 0.315. The molecule has 3 N–H and O–H groups in total. The van der Waals surface area contributed by atoms with Gasteiger partial charge in [0, 0.05) is 32.2 Å². The molecule has 7 nitrogen and oxygen atoms in total. The first kappa shape index (κ1) is 23.8. The second-order valence-corrected chi connectivity index (χ2v) is 6.37. The number of hydrogen-bond donors (Lipinski definition) is 3. The first-order valence-corrected chi connectivity index (χ1v) is 9.39. The molecule has 0 saturated carbocycles. The first-order chi connectivity index (χ1) is 14.8. The predicted octanol–water partition coefficient (Wildman–Crippen LogP) is 2.82. The van der Waals surface area contributed by atoms with Crippen molar-refractivity contribution in [3.05, 3.63) is 59.2 Å². The van der Waals surface area contributed by atoms with Gasteiger partial charge in [0.1, 0.15) is 0 Å². The Balaban J connectivity index is 1.77. The summed E-state index contributed by atoms with van der Waals surface area (Å²) >= 11 is 0. The van der Waals surface area contributed by atoms with Crippen molar-refractivity contribution in [1.29, 1.82) is 0 Å². The molecule has 0 spiro atoms. The molecule has 0 saturated heterocycles. The number of alkyl halides is 3. The molecule has 0 aliphatic heterocycles. The van der Waals surface area contributed by atoms with Crippen LogP contribution in [0.2, 0.25) is 0 Å². The van der Waals surface area contributed by atoms with Gasteiger partial charge in [-0.25, -0.2) is 0 Å². The molecular weight excluding hydrogens is 413 g/mol. The molecule has 31 heavy (non-hydrogen) atoms. The Bertz CT molecular complexity index is 900. The van der Waals surface area contributed by atoms with E-state index in [0.29, 0.717) is 30.5 Å². The fraction of sp³-hybridized carbons (Fsp3) is 0.333. The molecule has 0 aromatic heterocycles. The number of hydrogen-bond acceptors (Lipinski definition) is 4. The Hall–Kier alpha value is -3.43. The summed E-state index contributed by atoms with van der Waals surface area (Å²) in [5.74, 6) is 1.33. The lowest BCUT2D eigenvalue weighted by Crippen LogP contribution is -2.41. The van der Waals surface area contributed by atoms with E-state index in [1.54, 1.807) is 21.3 Å². The largest absolute Gasteiger partial charge is 0.493 e. The molecule has 0 radical (unpaired) electrons. The SMILES string of the molecule is CN=C(NCCNC(=O)c1ccc(C(F)(F)F)cc1)NCc1ccc(OC)c(OC)c1. The van der Waals surface area contributed by atoms with Crippen LogP contribution in [0, 0.1) is 0 Å². The normalized spacial score (nSPS) is 11.6. The number of rotatable bonds is 8. The van der Waals surface area contributed by atoms with Gasteiger partial charge >= 0.3 is 6.18 Å². The Kier molecular flexibility index (Phi) is 8.53. The van der Waals surface area contributed by atoms with Crippen molar-refractivity contribution < 1.29 is 27.4 Å². The highest BCUT2D eigenvalue weighted by molar-refractivity contribution is 5.94. The van der Waals surface area contributed by atoms with Crippen LogP contribution in [-0.4, -0.2) is 46.2 Å². The van der Waals surface area contributed by atoms with Crippen molar-refractivity contribution in [2.45, 2.75) is 12.7 Å². The lowest BCUT2D eigenvalue weighted by Gasteiger charge is -2.14. The second-order valence-electron chi connectivity index (χ2n) is 6.37. The van der Waals surface area contributed by atoms with Crippen LogP contribution in [0.25, 0.3) is 0 Å². The summed E-state index contributed by atoms with van der Waals surface area (Å²) < 4.78 is 48.2. The number of methoxy groups -OCH3 is 2. The molecule has 2 rings (SSSR count). The maximum atomic E-state index is 12.6. The van der Waals surface area contributed by atoms with Crippen molar-refractivity contribution >= 4 is 11.9 Å². The van der Waals surface area contributed by atoms with E-state index in [1.165, 1.54) is 0 Å². The van der Waals surface area contributed by atoms with E-state index >= 15 is 0 Å². The van der Waals surface area contributed by atoms with E-state index in [2.05, 4.69) is 20.9 Å². The van der Waals surface area contributed by atoms with Crippen molar-refractivity contribution in [1.82, 2.24) is 16.0 Å². The standard InChI is InChI=1S/C21H25F3N4O3/c1-25-20(28-13-14-4-9-17(30-2)18(12-14)31-3)27-11-10-26-19(29)15-5-7-16(8-6-15)21(22,23)24/h4-9,12H,10-11,13H2,1-3H3,(H,26,29)(H2,25,27,28). The van der Waals surface area contributed by atoms with Crippen LogP contribution in [0.5, 0.6) is 11.5 Å². The van der Waals surface area contributed by atoms with Gasteiger partial charge in [0.25, 0.3) is 5.91 Å². The summed E-state index contributed by atoms with van der Waals surface area (Å²) in [6.45, 7) is 1.12. The number of ether oxygens (including phenoxy) is 2. The Morgan fingerprint density at radius 2 is 1.58 bits per heavy atom. The molecule has 0 aliphatic rings. The van der Waals surface area contributed by atoms with Gasteiger partial charge in [-0.2, -0.15) is 13.2 Å². The van der Waals surface area contributed by atoms with E-state index in [-0.39, 0.29) is 12.1 Å². The van der Waals surface area contributed by atoms with Crippen molar-refractivity contribution in [3.8, 4) is 11.5 Å². The van der Waals surface area contributed by atoms with Crippen molar-refractivity contribution in [2.24, 2.45) is 4.99 Å². The number of carbonyl (C=O) groups is 1. The topological polar surface area (TPSA) is 84.0 Å². The zero-order valence-electron chi connectivity index (χ0n) is 17.5. The highest BCUT2D eigenvalue weighted by Crippen LogP contribution is 2.29. The van der Waals surface area contributed by atoms with E-state index in [0.717, 1.165) is 29.8 Å². The lowest BCUT2D eigenvalue weighted by molar-refractivity contribution is -0.137. The molecule has 0 bridgehead atoms. The van der Waals surface area contributed by atoms with Gasteiger partial charge in [0.15, 0.2) is 17.5 Å². The molecule has 0 atom stereocenters. The third-order valence-corrected chi connectivity index (χ3v) is 4.31. The molecule has 0 aliphatic carbocycles.